The maximum atomic E-state index is 11.6. The fourth-order valence-electron chi connectivity index (χ4n) is 1.81. The highest BCUT2D eigenvalue weighted by Crippen LogP contribution is 2.20. The zero-order chi connectivity index (χ0) is 16.5. The number of carbonyl (C=O) groups is 1. The molecule has 0 saturated carbocycles. The van der Waals surface area contributed by atoms with Gasteiger partial charge >= 0.3 is 0 Å². The number of hydrogen-bond donors (Lipinski definition) is 2. The van der Waals surface area contributed by atoms with Crippen LogP contribution in [0.2, 0.25) is 0 Å². The van der Waals surface area contributed by atoms with Crippen molar-refractivity contribution in [2.75, 3.05) is 34.3 Å². The van der Waals surface area contributed by atoms with Gasteiger partial charge in [0.1, 0.15) is 5.75 Å². The number of aryl methyl sites for hydroxylation is 1. The van der Waals surface area contributed by atoms with Crippen molar-refractivity contribution in [1.82, 2.24) is 15.5 Å². The van der Waals surface area contributed by atoms with E-state index < -0.39 is 0 Å². The number of rotatable bonds is 6. The van der Waals surface area contributed by atoms with Crippen molar-refractivity contribution in [3.8, 4) is 5.75 Å². The van der Waals surface area contributed by atoms with Gasteiger partial charge in [-0.1, -0.05) is 12.1 Å². The van der Waals surface area contributed by atoms with Gasteiger partial charge in [0.15, 0.2) is 5.96 Å². The third-order valence-corrected chi connectivity index (χ3v) is 3.10. The Hall–Kier alpha value is -1.51. The van der Waals surface area contributed by atoms with Gasteiger partial charge in [-0.25, -0.2) is 4.99 Å². The van der Waals surface area contributed by atoms with Crippen LogP contribution in [0.25, 0.3) is 0 Å². The van der Waals surface area contributed by atoms with Crippen LogP contribution in [-0.4, -0.2) is 51.1 Å². The van der Waals surface area contributed by atoms with Crippen molar-refractivity contribution in [2.45, 2.75) is 20.4 Å². The van der Waals surface area contributed by atoms with Gasteiger partial charge < -0.3 is 20.3 Å². The first-order valence-electron chi connectivity index (χ1n) is 7.33. The summed E-state index contributed by atoms with van der Waals surface area (Å²) in [5.41, 5.74) is 2.15. The molecule has 0 aromatic heterocycles. The van der Waals surface area contributed by atoms with Gasteiger partial charge in [-0.2, -0.15) is 0 Å². The van der Waals surface area contributed by atoms with Crippen LogP contribution < -0.4 is 15.4 Å². The predicted octanol–water partition coefficient (Wildman–Crippen LogP) is 1.76. The minimum atomic E-state index is -0.00137. The molecule has 130 valence electrons. The van der Waals surface area contributed by atoms with E-state index in [1.165, 1.54) is 0 Å². The molecule has 1 aromatic carbocycles. The lowest BCUT2D eigenvalue weighted by Gasteiger charge is -2.14. The van der Waals surface area contributed by atoms with Crippen LogP contribution >= 0.6 is 24.0 Å². The van der Waals surface area contributed by atoms with E-state index in [4.69, 9.17) is 4.74 Å². The van der Waals surface area contributed by atoms with Crippen molar-refractivity contribution in [3.63, 3.8) is 0 Å². The second kappa shape index (κ2) is 11.1. The Labute approximate surface area is 155 Å². The van der Waals surface area contributed by atoms with Crippen molar-refractivity contribution < 1.29 is 9.53 Å². The van der Waals surface area contributed by atoms with Crippen LogP contribution in [0.4, 0.5) is 0 Å². The summed E-state index contributed by atoms with van der Waals surface area (Å²) in [6, 6.07) is 6.02. The number of methoxy groups -OCH3 is 1. The van der Waals surface area contributed by atoms with E-state index in [9.17, 15) is 4.79 Å². The Balaban J connectivity index is 0.00000484. The summed E-state index contributed by atoms with van der Waals surface area (Å²) in [5.74, 6) is 1.43. The molecule has 0 radical (unpaired) electrons. The van der Waals surface area contributed by atoms with Gasteiger partial charge in [0.25, 0.3) is 0 Å². The SMILES string of the molecule is CCNC(=NCc1ccc(C)cc1OC)NCC(=O)N(C)C.I. The number of carbonyl (C=O) groups excluding carboxylic acids is 1. The van der Waals surface area contributed by atoms with Crippen LogP contribution in [-0.2, 0) is 11.3 Å². The molecule has 23 heavy (non-hydrogen) atoms. The van der Waals surface area contributed by atoms with E-state index >= 15 is 0 Å². The molecule has 7 heteroatoms. The summed E-state index contributed by atoms with van der Waals surface area (Å²) < 4.78 is 5.38. The van der Waals surface area contributed by atoms with Crippen molar-refractivity contribution >= 4 is 35.8 Å². The monoisotopic (exact) mass is 434 g/mol. The second-order valence-electron chi connectivity index (χ2n) is 5.15. The number of hydrogen-bond acceptors (Lipinski definition) is 3. The number of nitrogens with one attached hydrogen (secondary N) is 2. The van der Waals surface area contributed by atoms with Crippen LogP contribution in [0, 0.1) is 6.92 Å². The fraction of sp³-hybridized carbons (Fsp3) is 0.500. The summed E-state index contributed by atoms with van der Waals surface area (Å²) in [7, 11) is 5.11. The lowest BCUT2D eigenvalue weighted by atomic mass is 10.1. The van der Waals surface area contributed by atoms with Gasteiger partial charge in [0, 0.05) is 26.2 Å². The summed E-state index contributed by atoms with van der Waals surface area (Å²) in [6.07, 6.45) is 0. The average molecular weight is 434 g/mol. The topological polar surface area (TPSA) is 66.0 Å². The summed E-state index contributed by atoms with van der Waals surface area (Å²) in [4.78, 5) is 17.7. The van der Waals surface area contributed by atoms with Gasteiger partial charge in [-0.05, 0) is 25.5 Å². The fourth-order valence-corrected chi connectivity index (χ4v) is 1.81. The predicted molar refractivity (Wildman–Crippen MR) is 105 cm³/mol. The van der Waals surface area contributed by atoms with E-state index in [-0.39, 0.29) is 36.4 Å². The van der Waals surface area contributed by atoms with E-state index in [1.54, 1.807) is 26.1 Å². The number of nitrogens with zero attached hydrogens (tertiary/aromatic N) is 2. The highest BCUT2D eigenvalue weighted by atomic mass is 127. The summed E-state index contributed by atoms with van der Waals surface area (Å²) in [5, 5.41) is 6.15. The molecule has 0 aliphatic rings. The number of amides is 1. The molecule has 0 aliphatic carbocycles. The van der Waals surface area contributed by atoms with E-state index in [0.29, 0.717) is 12.5 Å². The molecule has 1 aromatic rings. The third kappa shape index (κ3) is 7.54. The number of guanidine groups is 1. The summed E-state index contributed by atoms with van der Waals surface area (Å²) in [6.45, 7) is 5.43. The molecule has 2 N–H and O–H groups in total. The van der Waals surface area contributed by atoms with Crippen molar-refractivity contribution in [1.29, 1.82) is 0 Å². The molecule has 0 aliphatic heterocycles. The first-order valence-corrected chi connectivity index (χ1v) is 7.33. The normalized spacial score (nSPS) is 10.6. The number of likely N-dealkylation sites (N-methyl/N-ethyl adjacent to an activating group) is 1. The van der Waals surface area contributed by atoms with E-state index in [0.717, 1.165) is 23.4 Å². The zero-order valence-corrected chi connectivity index (χ0v) is 16.8. The quantitative estimate of drug-likeness (QED) is 0.407. The molecule has 0 bridgehead atoms. The Morgan fingerprint density at radius 1 is 1.30 bits per heavy atom. The lowest BCUT2D eigenvalue weighted by molar-refractivity contribution is -0.127. The number of halogens is 1. The summed E-state index contributed by atoms with van der Waals surface area (Å²) >= 11 is 0. The highest BCUT2D eigenvalue weighted by Gasteiger charge is 2.06. The van der Waals surface area contributed by atoms with Crippen molar-refractivity contribution in [2.24, 2.45) is 4.99 Å². The Bertz CT molecular complexity index is 533. The number of aliphatic imine (C=N–C) groups is 1. The first-order chi connectivity index (χ1) is 10.5. The second-order valence-corrected chi connectivity index (χ2v) is 5.15. The molecule has 0 spiro atoms. The zero-order valence-electron chi connectivity index (χ0n) is 14.5. The number of benzene rings is 1. The van der Waals surface area contributed by atoms with Gasteiger partial charge in [-0.3, -0.25) is 4.79 Å². The van der Waals surface area contributed by atoms with Crippen LogP contribution in [0.3, 0.4) is 0 Å². The van der Waals surface area contributed by atoms with Gasteiger partial charge in [0.2, 0.25) is 5.91 Å². The lowest BCUT2D eigenvalue weighted by Crippen LogP contribution is -2.42. The first kappa shape index (κ1) is 21.5. The molecular weight excluding hydrogens is 407 g/mol. The molecule has 0 heterocycles. The molecule has 0 atom stereocenters. The average Bonchev–Trinajstić information content (AvgIpc) is 2.50. The Morgan fingerprint density at radius 2 is 2.00 bits per heavy atom. The molecule has 1 rings (SSSR count). The molecule has 0 unspecified atom stereocenters. The molecule has 0 saturated heterocycles. The highest BCUT2D eigenvalue weighted by molar-refractivity contribution is 14.0. The minimum absolute atomic E-state index is 0. The molecule has 6 nitrogen and oxygen atoms in total. The van der Waals surface area contributed by atoms with E-state index in [2.05, 4.69) is 15.6 Å². The smallest absolute Gasteiger partial charge is 0.241 e. The maximum absolute atomic E-state index is 11.6. The van der Waals surface area contributed by atoms with Gasteiger partial charge in [-0.15, -0.1) is 24.0 Å². The minimum Gasteiger partial charge on any atom is -0.496 e. The number of ether oxygens (including phenoxy) is 1. The van der Waals surface area contributed by atoms with E-state index in [1.807, 2.05) is 32.0 Å². The van der Waals surface area contributed by atoms with Crippen molar-refractivity contribution in [3.05, 3.63) is 29.3 Å². The molecule has 1 amide bonds. The maximum Gasteiger partial charge on any atom is 0.241 e. The largest absolute Gasteiger partial charge is 0.496 e. The van der Waals surface area contributed by atoms with Crippen LogP contribution in [0.15, 0.2) is 23.2 Å². The third-order valence-electron chi connectivity index (χ3n) is 3.10. The standard InChI is InChI=1S/C16H26N4O2.HI/c1-6-17-16(19-11-15(21)20(3)4)18-10-13-8-7-12(2)9-14(13)22-5;/h7-9H,6,10-11H2,1-5H3,(H2,17,18,19);1H. The Morgan fingerprint density at radius 3 is 2.57 bits per heavy atom. The Kier molecular flexibility index (Phi) is 10.4. The van der Waals surface area contributed by atoms with Gasteiger partial charge in [0.05, 0.1) is 20.2 Å². The molecular formula is C16H27IN4O2. The molecule has 0 fully saturated rings. The van der Waals surface area contributed by atoms with Crippen LogP contribution in [0.5, 0.6) is 5.75 Å². The van der Waals surface area contributed by atoms with Crippen LogP contribution in [0.1, 0.15) is 18.1 Å².